The minimum absolute atomic E-state index is 0.485. The first-order valence-corrected chi connectivity index (χ1v) is 8.56. The molecule has 0 spiro atoms. The van der Waals surface area contributed by atoms with Gasteiger partial charge < -0.3 is 18.0 Å². The molecule has 0 radical (unpaired) electrons. The molecule has 0 amide bonds. The highest BCUT2D eigenvalue weighted by Gasteiger charge is 2.50. The van der Waals surface area contributed by atoms with Gasteiger partial charge in [-0.3, -0.25) is 0 Å². The Balaban J connectivity index is 4.99. The van der Waals surface area contributed by atoms with Gasteiger partial charge in [0.05, 0.1) is 0 Å². The maximum absolute atomic E-state index is 11.4. The lowest BCUT2D eigenvalue weighted by molar-refractivity contribution is -0.143. The molecule has 0 saturated carbocycles. The van der Waals surface area contributed by atoms with Crippen molar-refractivity contribution in [3.63, 3.8) is 0 Å². The Morgan fingerprint density at radius 3 is 2.05 bits per heavy atom. The fraction of sp³-hybridized carbons (Fsp3) is 0.769. The van der Waals surface area contributed by atoms with Gasteiger partial charge in [0, 0.05) is 26.4 Å². The van der Waals surface area contributed by atoms with Crippen molar-refractivity contribution in [1.29, 1.82) is 0 Å². The van der Waals surface area contributed by atoms with Crippen LogP contribution in [0.2, 0.25) is 0 Å². The number of esters is 1. The molecule has 19 heavy (non-hydrogen) atoms. The number of carbonyl (C=O) groups is 1. The Bertz CT molecular complexity index is 262. The molecule has 0 N–H and O–H groups in total. The highest BCUT2D eigenvalue weighted by atomic mass is 28.4. The third kappa shape index (κ3) is 5.86. The third-order valence-electron chi connectivity index (χ3n) is 2.49. The Morgan fingerprint density at radius 2 is 1.74 bits per heavy atom. The number of ether oxygens (including phenoxy) is 1. The van der Waals surface area contributed by atoms with Crippen molar-refractivity contribution in [3.8, 4) is 0 Å². The first-order valence-electron chi connectivity index (χ1n) is 6.76. The third-order valence-corrected chi connectivity index (χ3v) is 5.59. The second-order valence-corrected chi connectivity index (χ2v) is 6.88. The normalized spacial score (nSPS) is 13.1. The molecule has 0 aliphatic carbocycles. The lowest BCUT2D eigenvalue weighted by atomic mass is 10.5. The topological polar surface area (TPSA) is 54.0 Å². The molecule has 0 heterocycles. The van der Waals surface area contributed by atoms with Gasteiger partial charge in [-0.2, -0.15) is 0 Å². The Labute approximate surface area is 117 Å². The van der Waals surface area contributed by atoms with Crippen LogP contribution in [0.25, 0.3) is 0 Å². The average molecular weight is 290 g/mol. The molecule has 5 nitrogen and oxygen atoms in total. The zero-order valence-corrected chi connectivity index (χ0v) is 13.4. The number of rotatable bonds is 11. The van der Waals surface area contributed by atoms with Crippen LogP contribution in [0.4, 0.5) is 0 Å². The molecular formula is C13H26O5Si. The van der Waals surface area contributed by atoms with E-state index in [4.69, 9.17) is 18.0 Å². The highest BCUT2D eigenvalue weighted by Crippen LogP contribution is 2.21. The molecule has 0 fully saturated rings. The summed E-state index contributed by atoms with van der Waals surface area (Å²) < 4.78 is 22.5. The Hall–Kier alpha value is -0.693. The van der Waals surface area contributed by atoms with Gasteiger partial charge in [-0.05, 0) is 19.3 Å². The van der Waals surface area contributed by atoms with Crippen molar-refractivity contribution in [2.24, 2.45) is 0 Å². The fourth-order valence-electron chi connectivity index (χ4n) is 1.56. The van der Waals surface area contributed by atoms with Crippen LogP contribution >= 0.6 is 0 Å². The zero-order chi connectivity index (χ0) is 14.7. The van der Waals surface area contributed by atoms with Crippen molar-refractivity contribution in [3.05, 3.63) is 12.7 Å². The molecule has 0 aromatic rings. The predicted molar refractivity (Wildman–Crippen MR) is 75.6 cm³/mol. The number of carbonyl (C=O) groups excluding carboxylic acids is 1. The average Bonchev–Trinajstić information content (AvgIpc) is 2.45. The summed E-state index contributed by atoms with van der Waals surface area (Å²) in [4.78, 5) is 11.4. The van der Waals surface area contributed by atoms with E-state index in [1.165, 1.54) is 0 Å². The van der Waals surface area contributed by atoms with E-state index in [9.17, 15) is 4.79 Å². The minimum Gasteiger partial charge on any atom is -0.455 e. The minimum atomic E-state index is -3.01. The first-order chi connectivity index (χ1) is 9.10. The number of hydrogen-bond donors (Lipinski definition) is 0. The molecule has 6 heteroatoms. The number of hydrogen-bond acceptors (Lipinski definition) is 5. The maximum atomic E-state index is 11.4. The summed E-state index contributed by atoms with van der Waals surface area (Å²) in [5.41, 5.74) is -0.499. The standard InChI is InChI=1S/C13H26O5Si/c1-6-10-16-19(15-5,17-11-7-2)13(9-4)18-12(14)8-3/h8,13H,3,6-7,9-11H2,1-2,4-5H3. The largest absolute Gasteiger partial charge is 0.543 e. The summed E-state index contributed by atoms with van der Waals surface area (Å²) >= 11 is 0. The van der Waals surface area contributed by atoms with Gasteiger partial charge in [0.25, 0.3) is 0 Å². The summed E-state index contributed by atoms with van der Waals surface area (Å²) in [6.07, 6.45) is 3.41. The van der Waals surface area contributed by atoms with E-state index in [0.717, 1.165) is 18.9 Å². The summed E-state index contributed by atoms with van der Waals surface area (Å²) in [7, 11) is -1.47. The predicted octanol–water partition coefficient (Wildman–Crippen LogP) is 2.47. The van der Waals surface area contributed by atoms with Crippen LogP contribution < -0.4 is 0 Å². The van der Waals surface area contributed by atoms with Crippen LogP contribution in [0.3, 0.4) is 0 Å². The van der Waals surface area contributed by atoms with Crippen molar-refractivity contribution in [2.45, 2.75) is 45.8 Å². The molecule has 1 unspecified atom stereocenters. The summed E-state index contributed by atoms with van der Waals surface area (Å²) in [5.74, 6) is -0.485. The van der Waals surface area contributed by atoms with Gasteiger partial charge in [-0.1, -0.05) is 27.4 Å². The lowest BCUT2D eigenvalue weighted by Crippen LogP contribution is -2.57. The maximum Gasteiger partial charge on any atom is 0.543 e. The van der Waals surface area contributed by atoms with Gasteiger partial charge in [0.2, 0.25) is 0 Å². The van der Waals surface area contributed by atoms with Crippen LogP contribution in [0, 0.1) is 0 Å². The quantitative estimate of drug-likeness (QED) is 0.332. The van der Waals surface area contributed by atoms with Gasteiger partial charge in [-0.15, -0.1) is 0 Å². The molecule has 0 saturated heterocycles. The van der Waals surface area contributed by atoms with Crippen LogP contribution in [-0.4, -0.2) is 40.8 Å². The Kier molecular flexibility index (Phi) is 9.77. The summed E-state index contributed by atoms with van der Waals surface area (Å²) in [5, 5.41) is 0. The van der Waals surface area contributed by atoms with Gasteiger partial charge in [0.1, 0.15) is 0 Å². The van der Waals surface area contributed by atoms with Crippen molar-refractivity contribution < 1.29 is 22.8 Å². The van der Waals surface area contributed by atoms with Crippen LogP contribution in [0.1, 0.15) is 40.0 Å². The fourth-order valence-corrected chi connectivity index (χ4v) is 4.25. The molecule has 0 aliphatic heterocycles. The molecule has 0 aromatic heterocycles. The van der Waals surface area contributed by atoms with Gasteiger partial charge in [0.15, 0.2) is 5.73 Å². The van der Waals surface area contributed by atoms with Crippen LogP contribution in [-0.2, 0) is 22.8 Å². The lowest BCUT2D eigenvalue weighted by Gasteiger charge is -2.33. The second kappa shape index (κ2) is 10.1. The molecular weight excluding hydrogens is 264 g/mol. The van der Waals surface area contributed by atoms with E-state index in [1.54, 1.807) is 7.11 Å². The van der Waals surface area contributed by atoms with E-state index >= 15 is 0 Å². The van der Waals surface area contributed by atoms with E-state index in [0.29, 0.717) is 19.6 Å². The molecule has 0 aliphatic rings. The SMILES string of the molecule is C=CC(=O)OC(CC)[Si](OC)(OCCC)OCCC. The summed E-state index contributed by atoms with van der Waals surface area (Å²) in [6.45, 7) is 10.4. The van der Waals surface area contributed by atoms with E-state index in [2.05, 4.69) is 6.58 Å². The summed E-state index contributed by atoms with van der Waals surface area (Å²) in [6, 6.07) is 0. The molecule has 0 aromatic carbocycles. The molecule has 1 atom stereocenters. The van der Waals surface area contributed by atoms with E-state index in [1.807, 2.05) is 20.8 Å². The van der Waals surface area contributed by atoms with Crippen molar-refractivity contribution >= 4 is 14.8 Å². The zero-order valence-electron chi connectivity index (χ0n) is 12.4. The molecule has 0 bridgehead atoms. The van der Waals surface area contributed by atoms with Gasteiger partial charge >= 0.3 is 14.8 Å². The van der Waals surface area contributed by atoms with E-state index in [-0.39, 0.29) is 0 Å². The van der Waals surface area contributed by atoms with E-state index < -0.39 is 20.5 Å². The molecule has 0 rings (SSSR count). The van der Waals surface area contributed by atoms with Crippen LogP contribution in [0.15, 0.2) is 12.7 Å². The van der Waals surface area contributed by atoms with Crippen molar-refractivity contribution in [2.75, 3.05) is 20.3 Å². The van der Waals surface area contributed by atoms with Crippen LogP contribution in [0.5, 0.6) is 0 Å². The van der Waals surface area contributed by atoms with Gasteiger partial charge in [-0.25, -0.2) is 4.79 Å². The second-order valence-electron chi connectivity index (χ2n) is 4.04. The molecule has 112 valence electrons. The Morgan fingerprint density at radius 1 is 1.21 bits per heavy atom. The van der Waals surface area contributed by atoms with Crippen molar-refractivity contribution in [1.82, 2.24) is 0 Å². The smallest absolute Gasteiger partial charge is 0.455 e. The first kappa shape index (κ1) is 18.3. The monoisotopic (exact) mass is 290 g/mol. The highest BCUT2D eigenvalue weighted by molar-refractivity contribution is 6.62.